The number of hydrogen-bond donors (Lipinski definition) is 1. The molecule has 0 saturated carbocycles. The molecule has 1 aliphatic rings. The molecule has 0 radical (unpaired) electrons. The van der Waals surface area contributed by atoms with Crippen molar-refractivity contribution in [1.82, 2.24) is 4.31 Å². The van der Waals surface area contributed by atoms with Gasteiger partial charge in [-0.2, -0.15) is 4.31 Å². The van der Waals surface area contributed by atoms with E-state index in [2.05, 4.69) is 5.32 Å². The van der Waals surface area contributed by atoms with Crippen LogP contribution in [0.1, 0.15) is 29.6 Å². The molecule has 3 rings (SSSR count). The fourth-order valence-electron chi connectivity index (χ4n) is 2.93. The minimum Gasteiger partial charge on any atom is -0.322 e. The molecule has 1 aliphatic heterocycles. The number of amides is 1. The van der Waals surface area contributed by atoms with Crippen molar-refractivity contribution in [2.45, 2.75) is 24.2 Å². The van der Waals surface area contributed by atoms with Crippen LogP contribution in [0.15, 0.2) is 53.4 Å². The lowest BCUT2D eigenvalue weighted by atomic mass is 10.2. The molecule has 1 amide bonds. The number of sulfonamides is 1. The second-order valence-electron chi connectivity index (χ2n) is 6.25. The van der Waals surface area contributed by atoms with E-state index in [9.17, 15) is 23.3 Å². The largest absolute Gasteiger partial charge is 0.322 e. The van der Waals surface area contributed by atoms with E-state index in [1.54, 1.807) is 0 Å². The number of benzene rings is 2. The number of carbonyl (C=O) groups excluding carboxylic acids is 1. The van der Waals surface area contributed by atoms with Crippen molar-refractivity contribution < 1.29 is 18.1 Å². The third-order valence-electron chi connectivity index (χ3n) is 4.38. The smallest absolute Gasteiger partial charge is 0.270 e. The first-order chi connectivity index (χ1) is 12.9. The minimum absolute atomic E-state index is 0.147. The quantitative estimate of drug-likeness (QED) is 0.624. The summed E-state index contributed by atoms with van der Waals surface area (Å²) < 4.78 is 26.7. The summed E-state index contributed by atoms with van der Waals surface area (Å²) in [5, 5.41) is 13.4. The molecule has 0 atom stereocenters. The molecular weight excluding hydrogens is 370 g/mol. The predicted molar refractivity (Wildman–Crippen MR) is 100 cm³/mol. The Morgan fingerprint density at radius 1 is 1.04 bits per heavy atom. The third-order valence-corrected chi connectivity index (χ3v) is 6.30. The van der Waals surface area contributed by atoms with E-state index in [-0.39, 0.29) is 16.1 Å². The molecule has 1 fully saturated rings. The summed E-state index contributed by atoms with van der Waals surface area (Å²) in [6.07, 6.45) is 2.75. The van der Waals surface area contributed by atoms with Crippen LogP contribution < -0.4 is 5.32 Å². The highest BCUT2D eigenvalue weighted by Gasteiger charge is 2.25. The number of nitrogens with one attached hydrogen (secondary N) is 1. The van der Waals surface area contributed by atoms with Gasteiger partial charge in [-0.15, -0.1) is 0 Å². The first-order valence-corrected chi connectivity index (χ1v) is 9.98. The van der Waals surface area contributed by atoms with E-state index >= 15 is 0 Å². The number of hydrogen-bond acceptors (Lipinski definition) is 5. The average Bonchev–Trinajstić information content (AvgIpc) is 2.69. The van der Waals surface area contributed by atoms with Gasteiger partial charge in [-0.1, -0.05) is 12.5 Å². The monoisotopic (exact) mass is 389 g/mol. The number of carbonyl (C=O) groups is 1. The molecular formula is C18H19N3O5S. The van der Waals surface area contributed by atoms with E-state index < -0.39 is 20.9 Å². The highest BCUT2D eigenvalue weighted by Crippen LogP contribution is 2.22. The standard InChI is InChI=1S/C18H19N3O5S/c22-18(14-5-4-6-16(13-14)21(23)24)19-15-7-9-17(10-8-15)27(25,26)20-11-2-1-3-12-20/h4-10,13H,1-3,11-12H2,(H,19,22). The molecule has 27 heavy (non-hydrogen) atoms. The molecule has 1 N–H and O–H groups in total. The second kappa shape index (κ2) is 7.85. The summed E-state index contributed by atoms with van der Waals surface area (Å²) in [6.45, 7) is 1.04. The van der Waals surface area contributed by atoms with Gasteiger partial charge in [-0.3, -0.25) is 14.9 Å². The van der Waals surface area contributed by atoms with Gasteiger partial charge in [0.25, 0.3) is 11.6 Å². The first-order valence-electron chi connectivity index (χ1n) is 8.54. The van der Waals surface area contributed by atoms with E-state index in [1.807, 2.05) is 0 Å². The van der Waals surface area contributed by atoms with Crippen LogP contribution in [0.4, 0.5) is 11.4 Å². The van der Waals surface area contributed by atoms with Crippen LogP contribution in [0.5, 0.6) is 0 Å². The van der Waals surface area contributed by atoms with E-state index in [0.29, 0.717) is 18.8 Å². The minimum atomic E-state index is -3.53. The van der Waals surface area contributed by atoms with Gasteiger partial charge in [0.15, 0.2) is 0 Å². The maximum atomic E-state index is 12.6. The number of anilines is 1. The summed E-state index contributed by atoms with van der Waals surface area (Å²) in [5.74, 6) is -0.509. The zero-order valence-electron chi connectivity index (χ0n) is 14.5. The summed E-state index contributed by atoms with van der Waals surface area (Å²) in [6, 6.07) is 11.3. The number of rotatable bonds is 5. The Morgan fingerprint density at radius 2 is 1.70 bits per heavy atom. The number of piperidine rings is 1. The van der Waals surface area contributed by atoms with Crippen LogP contribution >= 0.6 is 0 Å². The zero-order valence-corrected chi connectivity index (χ0v) is 15.3. The molecule has 142 valence electrons. The van der Waals surface area contributed by atoms with Crippen LogP contribution in [0.25, 0.3) is 0 Å². The van der Waals surface area contributed by atoms with Gasteiger partial charge in [0, 0.05) is 36.5 Å². The normalized spacial score (nSPS) is 15.3. The van der Waals surface area contributed by atoms with Crippen LogP contribution in [0, 0.1) is 10.1 Å². The van der Waals surface area contributed by atoms with Gasteiger partial charge in [-0.05, 0) is 43.2 Å². The summed E-state index contributed by atoms with van der Waals surface area (Å²) in [4.78, 5) is 22.7. The average molecular weight is 389 g/mol. The Kier molecular flexibility index (Phi) is 5.52. The fraction of sp³-hybridized carbons (Fsp3) is 0.278. The Balaban J connectivity index is 1.73. The van der Waals surface area contributed by atoms with Crippen molar-refractivity contribution in [3.63, 3.8) is 0 Å². The molecule has 0 aliphatic carbocycles. The Bertz CT molecular complexity index is 951. The third kappa shape index (κ3) is 4.32. The van der Waals surface area contributed by atoms with Crippen molar-refractivity contribution in [2.75, 3.05) is 18.4 Å². The number of nitrogens with zero attached hydrogens (tertiary/aromatic N) is 2. The zero-order chi connectivity index (χ0) is 19.4. The molecule has 8 nitrogen and oxygen atoms in total. The number of nitro groups is 1. The first kappa shape index (κ1) is 19.0. The maximum absolute atomic E-state index is 12.6. The molecule has 0 spiro atoms. The molecule has 1 heterocycles. The van der Waals surface area contributed by atoms with Crippen molar-refractivity contribution in [3.05, 3.63) is 64.2 Å². The molecule has 2 aromatic rings. The van der Waals surface area contributed by atoms with Gasteiger partial charge < -0.3 is 5.32 Å². The lowest BCUT2D eigenvalue weighted by Crippen LogP contribution is -2.35. The van der Waals surface area contributed by atoms with Gasteiger partial charge in [-0.25, -0.2) is 8.42 Å². The van der Waals surface area contributed by atoms with Crippen molar-refractivity contribution >= 4 is 27.3 Å². The van der Waals surface area contributed by atoms with E-state index in [4.69, 9.17) is 0 Å². The van der Waals surface area contributed by atoms with Crippen molar-refractivity contribution in [1.29, 1.82) is 0 Å². The van der Waals surface area contributed by atoms with Gasteiger partial charge in [0.1, 0.15) is 0 Å². The molecule has 0 aromatic heterocycles. The Labute approximate surface area is 157 Å². The van der Waals surface area contributed by atoms with Gasteiger partial charge >= 0.3 is 0 Å². The topological polar surface area (TPSA) is 110 Å². The predicted octanol–water partition coefficient (Wildman–Crippen LogP) is 3.02. The number of non-ortho nitro benzene ring substituents is 1. The van der Waals surface area contributed by atoms with Crippen LogP contribution in [-0.4, -0.2) is 36.6 Å². The number of nitro benzene ring substituents is 1. The highest BCUT2D eigenvalue weighted by molar-refractivity contribution is 7.89. The van der Waals surface area contributed by atoms with Crippen LogP contribution in [0.2, 0.25) is 0 Å². The summed E-state index contributed by atoms with van der Waals surface area (Å²) in [5.41, 5.74) is 0.379. The van der Waals surface area contributed by atoms with Crippen LogP contribution in [-0.2, 0) is 10.0 Å². The SMILES string of the molecule is O=C(Nc1ccc(S(=O)(=O)N2CCCCC2)cc1)c1cccc([N+](=O)[O-])c1. The Morgan fingerprint density at radius 3 is 2.33 bits per heavy atom. The van der Waals surface area contributed by atoms with Crippen molar-refractivity contribution in [2.24, 2.45) is 0 Å². The lowest BCUT2D eigenvalue weighted by molar-refractivity contribution is -0.384. The summed E-state index contributed by atoms with van der Waals surface area (Å²) in [7, 11) is -3.53. The Hall–Kier alpha value is -2.78. The van der Waals surface area contributed by atoms with Gasteiger partial charge in [0.05, 0.1) is 9.82 Å². The second-order valence-corrected chi connectivity index (χ2v) is 8.19. The van der Waals surface area contributed by atoms with E-state index in [1.165, 1.54) is 52.8 Å². The maximum Gasteiger partial charge on any atom is 0.270 e. The molecule has 0 unspecified atom stereocenters. The molecule has 9 heteroatoms. The van der Waals surface area contributed by atoms with E-state index in [0.717, 1.165) is 19.3 Å². The molecule has 2 aromatic carbocycles. The van der Waals surface area contributed by atoms with Crippen LogP contribution in [0.3, 0.4) is 0 Å². The summed E-state index contributed by atoms with van der Waals surface area (Å²) >= 11 is 0. The lowest BCUT2D eigenvalue weighted by Gasteiger charge is -2.25. The van der Waals surface area contributed by atoms with Crippen molar-refractivity contribution in [3.8, 4) is 0 Å². The molecule has 1 saturated heterocycles. The van der Waals surface area contributed by atoms with Gasteiger partial charge in [0.2, 0.25) is 10.0 Å². The molecule has 0 bridgehead atoms. The fourth-order valence-corrected chi connectivity index (χ4v) is 4.45. The highest BCUT2D eigenvalue weighted by atomic mass is 32.2.